The topological polar surface area (TPSA) is 85.2 Å². The van der Waals surface area contributed by atoms with Gasteiger partial charge in [-0.1, -0.05) is 6.07 Å². The van der Waals surface area contributed by atoms with Crippen LogP contribution < -0.4 is 5.32 Å². The van der Waals surface area contributed by atoms with E-state index in [1.54, 1.807) is 0 Å². The number of hydrogen-bond donors (Lipinski definition) is 1. The van der Waals surface area contributed by atoms with Gasteiger partial charge in [0.05, 0.1) is 31.9 Å². The van der Waals surface area contributed by atoms with Crippen molar-refractivity contribution in [1.29, 1.82) is 0 Å². The van der Waals surface area contributed by atoms with Crippen LogP contribution in [-0.2, 0) is 35.3 Å². The van der Waals surface area contributed by atoms with Gasteiger partial charge in [-0.05, 0) is 22.6 Å². The van der Waals surface area contributed by atoms with Crippen molar-refractivity contribution in [1.82, 2.24) is 30.4 Å². The fourth-order valence-electron chi connectivity index (χ4n) is 2.83. The van der Waals surface area contributed by atoms with E-state index in [1.807, 2.05) is 0 Å². The molecule has 0 saturated carbocycles. The minimum absolute atomic E-state index is 0.0261. The molecule has 2 aromatic rings. The van der Waals surface area contributed by atoms with Crippen molar-refractivity contribution >= 4 is 5.91 Å². The van der Waals surface area contributed by atoms with Crippen molar-refractivity contribution in [2.75, 3.05) is 26.3 Å². The van der Waals surface area contributed by atoms with Gasteiger partial charge in [0, 0.05) is 31.6 Å². The number of ether oxygens (including phenoxy) is 1. The van der Waals surface area contributed by atoms with Gasteiger partial charge in [-0.2, -0.15) is 13.2 Å². The number of morpholine rings is 1. The fourth-order valence-corrected chi connectivity index (χ4v) is 2.83. The summed E-state index contributed by atoms with van der Waals surface area (Å²) in [5, 5.41) is 14.0. The highest BCUT2D eigenvalue weighted by molar-refractivity contribution is 5.75. The number of rotatable bonds is 7. The highest BCUT2D eigenvalue weighted by Gasteiger charge is 2.31. The van der Waals surface area contributed by atoms with E-state index in [0.717, 1.165) is 25.2 Å². The molecule has 0 atom stereocenters. The second kappa shape index (κ2) is 9.27. The number of aryl methyl sites for hydroxylation is 1. The van der Waals surface area contributed by atoms with Crippen molar-refractivity contribution in [3.63, 3.8) is 0 Å². The molecule has 0 radical (unpaired) electrons. The minimum atomic E-state index is -4.62. The number of halogens is 4. The largest absolute Gasteiger partial charge is 0.416 e. The lowest BCUT2D eigenvalue weighted by Crippen LogP contribution is -2.36. The Bertz CT molecular complexity index is 836. The Balaban J connectivity index is 1.48. The molecule has 1 fully saturated rings. The number of amides is 1. The van der Waals surface area contributed by atoms with Crippen LogP contribution in [0.3, 0.4) is 0 Å². The van der Waals surface area contributed by atoms with Crippen molar-refractivity contribution in [2.45, 2.75) is 32.2 Å². The zero-order valence-electron chi connectivity index (χ0n) is 15.5. The molecule has 0 bridgehead atoms. The maximum atomic E-state index is 13.8. The number of alkyl halides is 3. The van der Waals surface area contributed by atoms with Crippen LogP contribution in [0.5, 0.6) is 0 Å². The summed E-state index contributed by atoms with van der Waals surface area (Å²) in [6, 6.07) is 2.21. The Morgan fingerprint density at radius 3 is 2.69 bits per heavy atom. The van der Waals surface area contributed by atoms with E-state index in [0.29, 0.717) is 31.6 Å². The summed E-state index contributed by atoms with van der Waals surface area (Å²) in [4.78, 5) is 14.2. The molecule has 0 spiro atoms. The molecular weight excluding hydrogens is 396 g/mol. The Hall–Kier alpha value is -2.60. The average Bonchev–Trinajstić information content (AvgIpc) is 3.12. The highest BCUT2D eigenvalue weighted by atomic mass is 19.4. The fraction of sp³-hybridized carbons (Fsp3) is 0.529. The Labute approximate surface area is 163 Å². The molecule has 158 valence electrons. The normalized spacial score (nSPS) is 15.4. The third-order valence-electron chi connectivity index (χ3n) is 4.48. The number of nitrogens with one attached hydrogen (secondary N) is 1. The molecular formula is C17H20F4N6O2. The van der Waals surface area contributed by atoms with E-state index in [4.69, 9.17) is 4.74 Å². The van der Waals surface area contributed by atoms with Crippen LogP contribution in [0.1, 0.15) is 23.4 Å². The molecule has 29 heavy (non-hydrogen) atoms. The molecule has 0 aliphatic carbocycles. The van der Waals surface area contributed by atoms with Gasteiger partial charge < -0.3 is 10.1 Å². The predicted molar refractivity (Wildman–Crippen MR) is 91.8 cm³/mol. The van der Waals surface area contributed by atoms with Gasteiger partial charge in [0.1, 0.15) is 5.82 Å². The average molecular weight is 416 g/mol. The van der Waals surface area contributed by atoms with Crippen LogP contribution in [0, 0.1) is 5.82 Å². The zero-order chi connectivity index (χ0) is 20.9. The summed E-state index contributed by atoms with van der Waals surface area (Å²) >= 11 is 0. The van der Waals surface area contributed by atoms with E-state index >= 15 is 0 Å². The van der Waals surface area contributed by atoms with Crippen LogP contribution in [-0.4, -0.2) is 57.3 Å². The summed E-state index contributed by atoms with van der Waals surface area (Å²) in [5.74, 6) is -0.793. The lowest BCUT2D eigenvalue weighted by Gasteiger charge is -2.25. The Morgan fingerprint density at radius 2 is 2.00 bits per heavy atom. The molecule has 1 saturated heterocycles. The van der Waals surface area contributed by atoms with Gasteiger partial charge in [0.2, 0.25) is 5.91 Å². The van der Waals surface area contributed by atoms with Crippen LogP contribution in [0.15, 0.2) is 18.2 Å². The molecule has 3 rings (SSSR count). The first-order valence-corrected chi connectivity index (χ1v) is 9.00. The first-order valence-electron chi connectivity index (χ1n) is 9.00. The molecule has 8 nitrogen and oxygen atoms in total. The van der Waals surface area contributed by atoms with Crippen LogP contribution in [0.4, 0.5) is 17.6 Å². The van der Waals surface area contributed by atoms with Gasteiger partial charge >= 0.3 is 6.18 Å². The molecule has 1 N–H and O–H groups in total. The number of tetrazole rings is 1. The maximum Gasteiger partial charge on any atom is 0.416 e. The smallest absolute Gasteiger partial charge is 0.379 e. The predicted octanol–water partition coefficient (Wildman–Crippen LogP) is 1.37. The first-order chi connectivity index (χ1) is 13.8. The van der Waals surface area contributed by atoms with Crippen molar-refractivity contribution in [3.05, 3.63) is 41.0 Å². The molecule has 1 aliphatic rings. The van der Waals surface area contributed by atoms with E-state index in [-0.39, 0.29) is 25.1 Å². The molecule has 12 heteroatoms. The number of carbonyl (C=O) groups excluding carboxylic acids is 1. The summed E-state index contributed by atoms with van der Waals surface area (Å²) in [6.07, 6.45) is -4.57. The van der Waals surface area contributed by atoms with E-state index < -0.39 is 23.5 Å². The van der Waals surface area contributed by atoms with Crippen LogP contribution in [0.2, 0.25) is 0 Å². The highest BCUT2D eigenvalue weighted by Crippen LogP contribution is 2.30. The Morgan fingerprint density at radius 1 is 1.24 bits per heavy atom. The lowest BCUT2D eigenvalue weighted by atomic mass is 10.1. The lowest BCUT2D eigenvalue weighted by molar-refractivity contribution is -0.137. The van der Waals surface area contributed by atoms with Gasteiger partial charge in [-0.15, -0.1) is 5.10 Å². The third kappa shape index (κ3) is 5.94. The summed E-state index contributed by atoms with van der Waals surface area (Å²) in [7, 11) is 0. The number of carbonyl (C=O) groups is 1. The molecule has 2 heterocycles. The molecule has 1 aliphatic heterocycles. The Kier molecular flexibility index (Phi) is 6.75. The number of nitrogens with zero attached hydrogens (tertiary/aromatic N) is 5. The minimum Gasteiger partial charge on any atom is -0.379 e. The standard InChI is InChI=1S/C17H20F4N6O2/c18-14-9-13(17(19,20)21)2-1-12(14)10-22-16(28)3-4-27-15(23-24-25-27)11-26-5-7-29-8-6-26/h1-2,9H,3-8,10-11H2,(H,22,28). The number of benzene rings is 1. The van der Waals surface area contributed by atoms with Gasteiger partial charge in [-0.3, -0.25) is 9.69 Å². The molecule has 1 aromatic heterocycles. The van der Waals surface area contributed by atoms with Gasteiger partial charge in [0.25, 0.3) is 0 Å². The molecule has 1 amide bonds. The third-order valence-corrected chi connectivity index (χ3v) is 4.48. The van der Waals surface area contributed by atoms with Crippen molar-refractivity contribution in [3.8, 4) is 0 Å². The number of aromatic nitrogens is 4. The number of hydrogen-bond acceptors (Lipinski definition) is 6. The van der Waals surface area contributed by atoms with Gasteiger partial charge in [-0.25, -0.2) is 9.07 Å². The molecule has 0 unspecified atom stereocenters. The molecule has 1 aromatic carbocycles. The summed E-state index contributed by atoms with van der Waals surface area (Å²) in [5.41, 5.74) is -1.10. The maximum absolute atomic E-state index is 13.8. The zero-order valence-corrected chi connectivity index (χ0v) is 15.5. The van der Waals surface area contributed by atoms with E-state index in [9.17, 15) is 22.4 Å². The van der Waals surface area contributed by atoms with E-state index in [2.05, 4.69) is 25.7 Å². The monoisotopic (exact) mass is 416 g/mol. The van der Waals surface area contributed by atoms with Crippen molar-refractivity contribution < 1.29 is 27.1 Å². The van der Waals surface area contributed by atoms with E-state index in [1.165, 1.54) is 4.68 Å². The SMILES string of the molecule is O=C(CCn1nnnc1CN1CCOCC1)NCc1ccc(C(F)(F)F)cc1F. The second-order valence-electron chi connectivity index (χ2n) is 6.54. The second-order valence-corrected chi connectivity index (χ2v) is 6.54. The van der Waals surface area contributed by atoms with Gasteiger partial charge in [0.15, 0.2) is 5.82 Å². The van der Waals surface area contributed by atoms with Crippen LogP contribution >= 0.6 is 0 Å². The summed E-state index contributed by atoms with van der Waals surface area (Å²) < 4.78 is 58.3. The van der Waals surface area contributed by atoms with Crippen LogP contribution in [0.25, 0.3) is 0 Å². The first kappa shape index (κ1) is 21.1. The summed E-state index contributed by atoms with van der Waals surface area (Å²) in [6.45, 7) is 3.38. The van der Waals surface area contributed by atoms with Crippen molar-refractivity contribution in [2.24, 2.45) is 0 Å². The quantitative estimate of drug-likeness (QED) is 0.687.